The van der Waals surface area contributed by atoms with Crippen LogP contribution >= 0.6 is 0 Å². The highest BCUT2D eigenvalue weighted by atomic mass is 16.2. The van der Waals surface area contributed by atoms with Gasteiger partial charge in [0.1, 0.15) is 0 Å². The summed E-state index contributed by atoms with van der Waals surface area (Å²) in [4.78, 5) is 27.1. The first-order valence-corrected chi connectivity index (χ1v) is 11.5. The van der Waals surface area contributed by atoms with E-state index >= 15 is 0 Å². The molecule has 0 aromatic heterocycles. The zero-order valence-electron chi connectivity index (χ0n) is 18.6. The van der Waals surface area contributed by atoms with Crippen LogP contribution in [0.5, 0.6) is 0 Å². The number of hydrogen-bond acceptors (Lipinski definition) is 4. The van der Waals surface area contributed by atoms with Crippen molar-refractivity contribution in [2.75, 3.05) is 19.6 Å². The van der Waals surface area contributed by atoms with Gasteiger partial charge in [0.2, 0.25) is 5.91 Å². The molecule has 2 heterocycles. The Hall–Kier alpha value is -3.51. The minimum Gasteiger partial charge on any atom is -0.369 e. The van der Waals surface area contributed by atoms with E-state index in [1.807, 2.05) is 47.4 Å². The smallest absolute Gasteiger partial charge is 0.257 e. The molecule has 2 N–H and O–H groups in total. The van der Waals surface area contributed by atoms with E-state index in [0.717, 1.165) is 41.6 Å². The van der Waals surface area contributed by atoms with E-state index in [1.165, 1.54) is 5.39 Å². The summed E-state index contributed by atoms with van der Waals surface area (Å²) in [5.74, 6) is -0.524. The summed E-state index contributed by atoms with van der Waals surface area (Å²) in [5.41, 5.74) is 8.54. The maximum atomic E-state index is 13.4. The lowest BCUT2D eigenvalue weighted by molar-refractivity contribution is -0.135. The van der Waals surface area contributed by atoms with Crippen molar-refractivity contribution in [3.8, 4) is 0 Å². The second kappa shape index (κ2) is 9.16. The van der Waals surface area contributed by atoms with E-state index < -0.39 is 0 Å². The van der Waals surface area contributed by atoms with Gasteiger partial charge in [0.15, 0.2) is 0 Å². The van der Waals surface area contributed by atoms with Crippen molar-refractivity contribution < 1.29 is 9.59 Å². The third kappa shape index (κ3) is 4.52. The fourth-order valence-corrected chi connectivity index (χ4v) is 4.91. The average Bonchev–Trinajstić information content (AvgIpc) is 3.30. The molecule has 5 rings (SSSR count). The van der Waals surface area contributed by atoms with E-state index in [0.29, 0.717) is 13.0 Å². The largest absolute Gasteiger partial charge is 0.369 e. The lowest BCUT2D eigenvalue weighted by atomic mass is 9.96. The molecule has 2 amide bonds. The van der Waals surface area contributed by atoms with Crippen LogP contribution in [0, 0.1) is 5.92 Å². The summed E-state index contributed by atoms with van der Waals surface area (Å²) < 4.78 is 0. The number of piperidine rings is 1. The number of hydrogen-bond donors (Lipinski definition) is 1. The first-order valence-electron chi connectivity index (χ1n) is 11.5. The molecule has 3 aromatic rings. The van der Waals surface area contributed by atoms with E-state index in [4.69, 9.17) is 10.8 Å². The normalized spacial score (nSPS) is 21.2. The van der Waals surface area contributed by atoms with Crippen LogP contribution in [0.15, 0.2) is 77.9 Å². The van der Waals surface area contributed by atoms with Crippen LogP contribution in [-0.2, 0) is 9.59 Å². The zero-order chi connectivity index (χ0) is 22.8. The highest BCUT2D eigenvalue weighted by molar-refractivity contribution is 6.05. The van der Waals surface area contributed by atoms with Crippen LogP contribution in [0.2, 0.25) is 0 Å². The Balaban J connectivity index is 1.42. The molecule has 33 heavy (non-hydrogen) atoms. The highest BCUT2D eigenvalue weighted by Gasteiger charge is 2.34. The molecular formula is C27H28N4O2. The lowest BCUT2D eigenvalue weighted by Gasteiger charge is -2.32. The standard InChI is InChI=1S/C27H28N4O2/c28-27(33)23-11-6-14-30(17-23)18-26(32)31-25(20-8-2-1-3-9-20)16-24(29-31)22-13-12-19-7-4-5-10-21(19)15-22/h1-5,7-10,12-13,15,23,25H,6,11,14,16-18H2,(H2,28,33)/t23-,25+/m1/s1. The molecule has 0 saturated carbocycles. The number of amides is 2. The Morgan fingerprint density at radius 2 is 1.73 bits per heavy atom. The minimum absolute atomic E-state index is 0.0511. The van der Waals surface area contributed by atoms with E-state index in [-0.39, 0.29) is 30.3 Å². The summed E-state index contributed by atoms with van der Waals surface area (Å²) in [5, 5.41) is 8.81. The quantitative estimate of drug-likeness (QED) is 0.657. The van der Waals surface area contributed by atoms with Crippen molar-refractivity contribution in [1.82, 2.24) is 9.91 Å². The number of primary amides is 1. The van der Waals surface area contributed by atoms with Crippen molar-refractivity contribution in [3.05, 3.63) is 83.9 Å². The number of rotatable bonds is 5. The van der Waals surface area contributed by atoms with Crippen LogP contribution in [0.1, 0.15) is 36.4 Å². The monoisotopic (exact) mass is 440 g/mol. The van der Waals surface area contributed by atoms with Gasteiger partial charge in [-0.15, -0.1) is 0 Å². The van der Waals surface area contributed by atoms with Gasteiger partial charge >= 0.3 is 0 Å². The van der Waals surface area contributed by atoms with Crippen LogP contribution in [-0.4, -0.2) is 47.1 Å². The number of hydrazone groups is 1. The predicted molar refractivity (Wildman–Crippen MR) is 129 cm³/mol. The van der Waals surface area contributed by atoms with Gasteiger partial charge in [-0.25, -0.2) is 5.01 Å². The average molecular weight is 441 g/mol. The zero-order valence-corrected chi connectivity index (χ0v) is 18.6. The topological polar surface area (TPSA) is 79.0 Å². The number of nitrogens with zero attached hydrogens (tertiary/aromatic N) is 3. The van der Waals surface area contributed by atoms with Crippen LogP contribution in [0.25, 0.3) is 10.8 Å². The van der Waals surface area contributed by atoms with Crippen molar-refractivity contribution in [1.29, 1.82) is 0 Å². The molecule has 6 heteroatoms. The summed E-state index contributed by atoms with van der Waals surface area (Å²) in [6.45, 7) is 1.56. The van der Waals surface area contributed by atoms with E-state index in [2.05, 4.69) is 30.3 Å². The fraction of sp³-hybridized carbons (Fsp3) is 0.296. The lowest BCUT2D eigenvalue weighted by Crippen LogP contribution is -2.45. The summed E-state index contributed by atoms with van der Waals surface area (Å²) in [6.07, 6.45) is 2.33. The number of nitrogens with two attached hydrogens (primary N) is 1. The molecule has 0 spiro atoms. The Kier molecular flexibility index (Phi) is 5.92. The third-order valence-corrected chi connectivity index (χ3v) is 6.70. The van der Waals surface area contributed by atoms with Gasteiger partial charge in [-0.05, 0) is 47.4 Å². The van der Waals surface area contributed by atoms with Crippen molar-refractivity contribution in [3.63, 3.8) is 0 Å². The third-order valence-electron chi connectivity index (χ3n) is 6.70. The number of likely N-dealkylation sites (tertiary alicyclic amines) is 1. The van der Waals surface area contributed by atoms with Crippen LogP contribution in [0.4, 0.5) is 0 Å². The molecule has 0 bridgehead atoms. The molecule has 3 aromatic carbocycles. The molecule has 1 saturated heterocycles. The maximum Gasteiger partial charge on any atom is 0.257 e. The first kappa shape index (κ1) is 21.3. The molecule has 168 valence electrons. The first-order chi connectivity index (χ1) is 16.1. The molecule has 0 unspecified atom stereocenters. The number of carbonyl (C=O) groups excluding carboxylic acids is 2. The van der Waals surface area contributed by atoms with Crippen LogP contribution in [0.3, 0.4) is 0 Å². The van der Waals surface area contributed by atoms with E-state index in [1.54, 1.807) is 5.01 Å². The molecule has 6 nitrogen and oxygen atoms in total. The van der Waals surface area contributed by atoms with Gasteiger partial charge in [0, 0.05) is 13.0 Å². The molecule has 0 aliphatic carbocycles. The van der Waals surface area contributed by atoms with Crippen LogP contribution < -0.4 is 5.73 Å². The summed E-state index contributed by atoms with van der Waals surface area (Å²) in [6, 6.07) is 24.5. The van der Waals surface area contributed by atoms with Gasteiger partial charge < -0.3 is 5.73 Å². The Bertz CT molecular complexity index is 1210. The van der Waals surface area contributed by atoms with E-state index in [9.17, 15) is 9.59 Å². The van der Waals surface area contributed by atoms with Gasteiger partial charge in [-0.3, -0.25) is 14.5 Å². The van der Waals surface area contributed by atoms with Crippen molar-refractivity contribution in [2.24, 2.45) is 16.8 Å². The molecule has 1 fully saturated rings. The molecular weight excluding hydrogens is 412 g/mol. The Morgan fingerprint density at radius 1 is 0.970 bits per heavy atom. The number of carbonyl (C=O) groups is 2. The van der Waals surface area contributed by atoms with Crippen molar-refractivity contribution in [2.45, 2.75) is 25.3 Å². The predicted octanol–water partition coefficient (Wildman–Crippen LogP) is 3.71. The number of benzene rings is 3. The minimum atomic E-state index is -0.285. The maximum absolute atomic E-state index is 13.4. The Labute approximate surface area is 193 Å². The SMILES string of the molecule is NC(=O)[C@@H]1CCCN(CC(=O)N2N=C(c3ccc4ccccc4c3)C[C@H]2c2ccccc2)C1. The van der Waals surface area contributed by atoms with Crippen molar-refractivity contribution >= 4 is 28.3 Å². The number of fused-ring (bicyclic) bond motifs is 1. The molecule has 0 radical (unpaired) electrons. The van der Waals surface area contributed by atoms with Gasteiger partial charge in [0.05, 0.1) is 24.2 Å². The highest BCUT2D eigenvalue weighted by Crippen LogP contribution is 2.33. The molecule has 2 aliphatic heterocycles. The van der Waals surface area contributed by atoms with Gasteiger partial charge in [-0.2, -0.15) is 5.10 Å². The van der Waals surface area contributed by atoms with Gasteiger partial charge in [-0.1, -0.05) is 66.7 Å². The molecule has 2 atom stereocenters. The van der Waals surface area contributed by atoms with Gasteiger partial charge in [0.25, 0.3) is 5.91 Å². The second-order valence-corrected chi connectivity index (χ2v) is 8.95. The fourth-order valence-electron chi connectivity index (χ4n) is 4.91. The summed E-state index contributed by atoms with van der Waals surface area (Å²) in [7, 11) is 0. The summed E-state index contributed by atoms with van der Waals surface area (Å²) >= 11 is 0. The molecule has 2 aliphatic rings. The second-order valence-electron chi connectivity index (χ2n) is 8.95. The Morgan fingerprint density at radius 3 is 2.52 bits per heavy atom.